The Morgan fingerprint density at radius 1 is 1.46 bits per heavy atom. The average molecular weight is 348 g/mol. The van der Waals surface area contributed by atoms with Gasteiger partial charge in [-0.25, -0.2) is 4.79 Å². The number of fused-ring (bicyclic) bond motifs is 1. The molecule has 0 unspecified atom stereocenters. The Morgan fingerprint density at radius 2 is 2.25 bits per heavy atom. The molecule has 1 aliphatic heterocycles. The maximum absolute atomic E-state index is 12.1. The van der Waals surface area contributed by atoms with Crippen LogP contribution in [-0.4, -0.2) is 43.1 Å². The van der Waals surface area contributed by atoms with Gasteiger partial charge in [-0.05, 0) is 31.5 Å². The lowest BCUT2D eigenvalue weighted by Crippen LogP contribution is -2.37. The highest BCUT2D eigenvalue weighted by Gasteiger charge is 2.28. The molecule has 2 heterocycles. The number of ether oxygens (including phenoxy) is 1. The van der Waals surface area contributed by atoms with Gasteiger partial charge in [0.2, 0.25) is 0 Å². The number of ketones is 1. The Bertz CT molecular complexity index is 809. The molecule has 0 bridgehead atoms. The largest absolute Gasteiger partial charge is 0.453 e. The second-order valence-electron chi connectivity index (χ2n) is 5.78. The number of Topliss-reactive ketones (excluding diaryl/α,β-unsaturated/α-hetero) is 1. The monoisotopic (exact) mass is 347 g/mol. The number of aromatic nitrogens is 1. The molecular weight excluding hydrogens is 330 g/mol. The summed E-state index contributed by atoms with van der Waals surface area (Å²) in [5.41, 5.74) is 2.02. The number of carbonyl (C=O) groups is 2. The van der Waals surface area contributed by atoms with E-state index < -0.39 is 6.09 Å². The fraction of sp³-hybridized carbons (Fsp3) is 0.353. The second kappa shape index (κ2) is 6.65. The molecule has 2 aromatic rings. The molecule has 1 aliphatic rings. The Hall–Kier alpha value is -2.34. The lowest BCUT2D eigenvalue weighted by atomic mass is 10.0. The Labute approximate surface area is 144 Å². The van der Waals surface area contributed by atoms with Crippen molar-refractivity contribution in [2.75, 3.05) is 25.1 Å². The Morgan fingerprint density at radius 3 is 2.96 bits per heavy atom. The van der Waals surface area contributed by atoms with E-state index in [0.717, 1.165) is 17.5 Å². The predicted molar refractivity (Wildman–Crippen MR) is 92.9 cm³/mol. The average Bonchev–Trinajstić information content (AvgIpc) is 3.02. The van der Waals surface area contributed by atoms with Crippen LogP contribution in [0.5, 0.6) is 0 Å². The van der Waals surface area contributed by atoms with E-state index in [4.69, 9.17) is 11.6 Å². The van der Waals surface area contributed by atoms with E-state index in [1.807, 2.05) is 12.1 Å². The molecule has 1 aromatic carbocycles. The number of benzene rings is 1. The summed E-state index contributed by atoms with van der Waals surface area (Å²) < 4.78 is 4.65. The molecule has 0 spiro atoms. The highest BCUT2D eigenvalue weighted by Crippen LogP contribution is 2.36. The summed E-state index contributed by atoms with van der Waals surface area (Å²) in [5.74, 6) is -0.0659. The van der Waals surface area contributed by atoms with Gasteiger partial charge in [-0.15, -0.1) is 0 Å². The molecule has 3 rings (SSSR count). The number of pyridine rings is 1. The van der Waals surface area contributed by atoms with Crippen LogP contribution in [0, 0.1) is 0 Å². The number of halogens is 1. The first-order valence-electron chi connectivity index (χ1n) is 7.69. The van der Waals surface area contributed by atoms with Crippen molar-refractivity contribution in [3.8, 4) is 0 Å². The summed E-state index contributed by atoms with van der Waals surface area (Å²) in [7, 11) is 1.34. The molecule has 0 aliphatic carbocycles. The summed E-state index contributed by atoms with van der Waals surface area (Å²) >= 11 is 6.32. The third kappa shape index (κ3) is 3.01. The molecule has 1 amide bonds. The third-order valence-electron chi connectivity index (χ3n) is 4.21. The Balaban J connectivity index is 2.02. The van der Waals surface area contributed by atoms with E-state index in [2.05, 4.69) is 19.9 Å². The molecule has 1 saturated heterocycles. The SMILES string of the molecule is COC(=O)N[C@H]1CCN(c2c(C(C)=O)cc(Cl)c3cccnc23)C1. The summed E-state index contributed by atoms with van der Waals surface area (Å²) in [4.78, 5) is 30.0. The van der Waals surface area contributed by atoms with Crippen LogP contribution < -0.4 is 10.2 Å². The number of anilines is 1. The molecule has 1 fully saturated rings. The Kier molecular flexibility index (Phi) is 4.57. The van der Waals surface area contributed by atoms with Gasteiger partial charge < -0.3 is 15.0 Å². The minimum Gasteiger partial charge on any atom is -0.453 e. The maximum Gasteiger partial charge on any atom is 0.407 e. The first-order valence-corrected chi connectivity index (χ1v) is 8.06. The fourth-order valence-corrected chi connectivity index (χ4v) is 3.34. The van der Waals surface area contributed by atoms with Crippen LogP contribution in [0.1, 0.15) is 23.7 Å². The fourth-order valence-electron chi connectivity index (χ4n) is 3.08. The number of nitrogens with one attached hydrogen (secondary N) is 1. The highest BCUT2D eigenvalue weighted by atomic mass is 35.5. The molecule has 1 N–H and O–H groups in total. The summed E-state index contributed by atoms with van der Waals surface area (Å²) in [6.07, 6.45) is 2.00. The molecular formula is C17H18ClN3O3. The number of alkyl carbamates (subject to hydrolysis) is 1. The van der Waals surface area contributed by atoms with Crippen LogP contribution in [0.25, 0.3) is 10.9 Å². The molecule has 1 aromatic heterocycles. The minimum atomic E-state index is -0.451. The van der Waals surface area contributed by atoms with E-state index in [-0.39, 0.29) is 11.8 Å². The third-order valence-corrected chi connectivity index (χ3v) is 4.52. The van der Waals surface area contributed by atoms with Crippen molar-refractivity contribution in [1.29, 1.82) is 0 Å². The molecule has 0 radical (unpaired) electrons. The number of hydrogen-bond donors (Lipinski definition) is 1. The zero-order chi connectivity index (χ0) is 17.3. The van der Waals surface area contributed by atoms with E-state index in [1.54, 1.807) is 12.3 Å². The predicted octanol–water partition coefficient (Wildman–Crippen LogP) is 3.03. The number of methoxy groups -OCH3 is 1. The van der Waals surface area contributed by atoms with Gasteiger partial charge in [-0.2, -0.15) is 0 Å². The van der Waals surface area contributed by atoms with Gasteiger partial charge in [-0.3, -0.25) is 9.78 Å². The van der Waals surface area contributed by atoms with Crippen LogP contribution in [-0.2, 0) is 4.74 Å². The van der Waals surface area contributed by atoms with Crippen molar-refractivity contribution >= 4 is 40.1 Å². The number of rotatable bonds is 3. The standard InChI is InChI=1S/C17H18ClN3O3/c1-10(22)13-8-14(18)12-4-3-6-19-15(12)16(13)21-7-5-11(9-21)20-17(23)24-2/h3-4,6,8,11H,5,7,9H2,1-2H3,(H,20,23)/t11-/m0/s1. The molecule has 6 nitrogen and oxygen atoms in total. The number of carbonyl (C=O) groups excluding carboxylic acids is 2. The van der Waals surface area contributed by atoms with Crippen LogP contribution in [0.4, 0.5) is 10.5 Å². The quantitative estimate of drug-likeness (QED) is 0.864. The van der Waals surface area contributed by atoms with E-state index in [0.29, 0.717) is 29.2 Å². The molecule has 24 heavy (non-hydrogen) atoms. The summed E-state index contributed by atoms with van der Waals surface area (Å²) in [5, 5.41) is 4.12. The normalized spacial score (nSPS) is 17.1. The zero-order valence-electron chi connectivity index (χ0n) is 13.5. The van der Waals surface area contributed by atoms with E-state index in [1.165, 1.54) is 14.0 Å². The van der Waals surface area contributed by atoms with Crippen LogP contribution in [0.15, 0.2) is 24.4 Å². The van der Waals surface area contributed by atoms with E-state index >= 15 is 0 Å². The van der Waals surface area contributed by atoms with Crippen molar-refractivity contribution in [2.24, 2.45) is 0 Å². The first kappa shape index (κ1) is 16.5. The number of hydrogen-bond acceptors (Lipinski definition) is 5. The van der Waals surface area contributed by atoms with Gasteiger partial charge in [0.25, 0.3) is 0 Å². The van der Waals surface area contributed by atoms with Crippen molar-refractivity contribution in [3.63, 3.8) is 0 Å². The zero-order valence-corrected chi connectivity index (χ0v) is 14.3. The van der Waals surface area contributed by atoms with Gasteiger partial charge >= 0.3 is 6.09 Å². The van der Waals surface area contributed by atoms with Crippen molar-refractivity contribution in [3.05, 3.63) is 35.0 Å². The van der Waals surface area contributed by atoms with Gasteiger partial charge in [-0.1, -0.05) is 11.6 Å². The number of amides is 1. The minimum absolute atomic E-state index is 0.0355. The lowest BCUT2D eigenvalue weighted by Gasteiger charge is -2.23. The lowest BCUT2D eigenvalue weighted by molar-refractivity contribution is 0.101. The maximum atomic E-state index is 12.1. The van der Waals surface area contributed by atoms with Gasteiger partial charge in [0.05, 0.1) is 29.4 Å². The first-order chi connectivity index (χ1) is 11.5. The van der Waals surface area contributed by atoms with E-state index in [9.17, 15) is 9.59 Å². The van der Waals surface area contributed by atoms with Gasteiger partial charge in [0, 0.05) is 30.2 Å². The van der Waals surface area contributed by atoms with Crippen LogP contribution >= 0.6 is 11.6 Å². The van der Waals surface area contributed by atoms with Crippen LogP contribution in [0.2, 0.25) is 5.02 Å². The molecule has 7 heteroatoms. The van der Waals surface area contributed by atoms with Gasteiger partial charge in [0.15, 0.2) is 5.78 Å². The number of nitrogens with zero attached hydrogens (tertiary/aromatic N) is 2. The molecule has 0 saturated carbocycles. The topological polar surface area (TPSA) is 71.5 Å². The van der Waals surface area contributed by atoms with Crippen molar-refractivity contribution < 1.29 is 14.3 Å². The summed E-state index contributed by atoms with van der Waals surface area (Å²) in [6, 6.07) is 5.37. The summed E-state index contributed by atoms with van der Waals surface area (Å²) in [6.45, 7) is 2.81. The molecule has 126 valence electrons. The van der Waals surface area contributed by atoms with Crippen molar-refractivity contribution in [1.82, 2.24) is 10.3 Å². The van der Waals surface area contributed by atoms with Crippen LogP contribution in [0.3, 0.4) is 0 Å². The van der Waals surface area contributed by atoms with Crippen molar-refractivity contribution in [2.45, 2.75) is 19.4 Å². The van der Waals surface area contributed by atoms with Gasteiger partial charge in [0.1, 0.15) is 0 Å². The molecule has 1 atom stereocenters. The second-order valence-corrected chi connectivity index (χ2v) is 6.19. The highest BCUT2D eigenvalue weighted by molar-refractivity contribution is 6.36. The smallest absolute Gasteiger partial charge is 0.407 e.